The van der Waals surface area contributed by atoms with E-state index >= 15 is 0 Å². The van der Waals surface area contributed by atoms with Gasteiger partial charge in [0.15, 0.2) is 0 Å². The summed E-state index contributed by atoms with van der Waals surface area (Å²) in [5.74, 6) is -0.123. The van der Waals surface area contributed by atoms with E-state index in [-0.39, 0.29) is 23.6 Å². The summed E-state index contributed by atoms with van der Waals surface area (Å²) in [7, 11) is 0. The molecule has 1 spiro atoms. The van der Waals surface area contributed by atoms with Crippen molar-refractivity contribution in [1.82, 2.24) is 4.90 Å². The number of halogens is 2. The Morgan fingerprint density at radius 3 is 2.48 bits per heavy atom. The van der Waals surface area contributed by atoms with Crippen LogP contribution in [0.1, 0.15) is 51.2 Å². The fourth-order valence-electron chi connectivity index (χ4n) is 4.53. The maximum absolute atomic E-state index is 13.8. The summed E-state index contributed by atoms with van der Waals surface area (Å²) in [5, 5.41) is 0. The first-order chi connectivity index (χ1) is 15.7. The highest BCUT2D eigenvalue weighted by atomic mass is 19.1. The van der Waals surface area contributed by atoms with Crippen molar-refractivity contribution >= 4 is 5.97 Å². The lowest BCUT2D eigenvalue weighted by Crippen LogP contribution is -2.44. The molecule has 0 saturated carbocycles. The highest BCUT2D eigenvalue weighted by Crippen LogP contribution is 2.46. The molecule has 0 amide bonds. The van der Waals surface area contributed by atoms with Gasteiger partial charge in [-0.15, -0.1) is 0 Å². The van der Waals surface area contributed by atoms with E-state index in [0.717, 1.165) is 37.2 Å². The average Bonchev–Trinajstić information content (AvgIpc) is 3.09. The van der Waals surface area contributed by atoms with Gasteiger partial charge in [0.25, 0.3) is 0 Å². The van der Waals surface area contributed by atoms with Crippen LogP contribution in [0, 0.1) is 11.6 Å². The zero-order valence-electron chi connectivity index (χ0n) is 19.5. The lowest BCUT2D eigenvalue weighted by Gasteiger charge is -2.38. The van der Waals surface area contributed by atoms with Gasteiger partial charge in [0.2, 0.25) is 0 Å². The minimum atomic E-state index is -0.621. The van der Waals surface area contributed by atoms with E-state index in [2.05, 4.69) is 4.90 Å². The molecule has 0 N–H and O–H groups in total. The van der Waals surface area contributed by atoms with Gasteiger partial charge in [-0.3, -0.25) is 4.79 Å². The number of ether oxygens (including phenoxy) is 3. The summed E-state index contributed by atoms with van der Waals surface area (Å²) < 4.78 is 44.7. The number of esters is 1. The number of likely N-dealkylation sites (tertiary alicyclic amines) is 1. The first kappa shape index (κ1) is 23.5. The molecule has 2 heterocycles. The maximum atomic E-state index is 13.8. The molecule has 0 atom stereocenters. The van der Waals surface area contributed by atoms with Gasteiger partial charge in [0.05, 0.1) is 18.6 Å². The van der Waals surface area contributed by atoms with Crippen molar-refractivity contribution in [3.8, 4) is 11.5 Å². The van der Waals surface area contributed by atoms with Gasteiger partial charge >= 0.3 is 5.97 Å². The van der Waals surface area contributed by atoms with Crippen LogP contribution in [-0.4, -0.2) is 42.7 Å². The summed E-state index contributed by atoms with van der Waals surface area (Å²) in [5.41, 5.74) is 0.557. The standard InChI is InChI=1S/C26H31F2NO4/c1-25(2,3)33-24(30)9-12-29-13-10-26(11-14-29)17-32-23-15-18(7-8-20(23)26)31-16-19-21(27)5-4-6-22(19)28/h4-8,15H,9-14,16-17H2,1-3H3. The molecule has 7 heteroatoms. The van der Waals surface area contributed by atoms with Crippen LogP contribution in [0.25, 0.3) is 0 Å². The van der Waals surface area contributed by atoms with Crippen LogP contribution in [0.5, 0.6) is 11.5 Å². The average molecular weight is 460 g/mol. The lowest BCUT2D eigenvalue weighted by atomic mass is 9.74. The van der Waals surface area contributed by atoms with E-state index in [1.807, 2.05) is 32.9 Å². The molecule has 33 heavy (non-hydrogen) atoms. The Bertz CT molecular complexity index is 990. The van der Waals surface area contributed by atoms with Crippen molar-refractivity contribution in [3.05, 3.63) is 59.2 Å². The molecule has 0 unspecified atom stereocenters. The van der Waals surface area contributed by atoms with Crippen LogP contribution >= 0.6 is 0 Å². The summed E-state index contributed by atoms with van der Waals surface area (Å²) in [6.45, 7) is 8.51. The second-order valence-electron chi connectivity index (χ2n) is 9.89. The van der Waals surface area contributed by atoms with E-state index in [4.69, 9.17) is 14.2 Å². The maximum Gasteiger partial charge on any atom is 0.307 e. The van der Waals surface area contributed by atoms with E-state index < -0.39 is 17.2 Å². The number of carbonyl (C=O) groups excluding carboxylic acids is 1. The number of hydrogen-bond donors (Lipinski definition) is 0. The van der Waals surface area contributed by atoms with Gasteiger partial charge in [-0.1, -0.05) is 12.1 Å². The normalized spacial score (nSPS) is 17.5. The van der Waals surface area contributed by atoms with Crippen molar-refractivity contribution in [2.24, 2.45) is 0 Å². The van der Waals surface area contributed by atoms with Crippen LogP contribution in [0.15, 0.2) is 36.4 Å². The van der Waals surface area contributed by atoms with Crippen molar-refractivity contribution in [3.63, 3.8) is 0 Å². The third-order valence-electron chi connectivity index (χ3n) is 6.34. The molecule has 0 bridgehead atoms. The predicted molar refractivity (Wildman–Crippen MR) is 120 cm³/mol. The molecule has 178 valence electrons. The third kappa shape index (κ3) is 5.46. The van der Waals surface area contributed by atoms with Crippen LogP contribution < -0.4 is 9.47 Å². The predicted octanol–water partition coefficient (Wildman–Crippen LogP) is 5.00. The SMILES string of the molecule is CC(C)(C)OC(=O)CCN1CCC2(CC1)COc1cc(OCc3c(F)cccc3F)ccc12. The Kier molecular flexibility index (Phi) is 6.61. The second kappa shape index (κ2) is 9.29. The number of benzene rings is 2. The van der Waals surface area contributed by atoms with Crippen LogP contribution in [0.3, 0.4) is 0 Å². The first-order valence-electron chi connectivity index (χ1n) is 11.4. The first-order valence-corrected chi connectivity index (χ1v) is 11.4. The van der Waals surface area contributed by atoms with Crippen molar-refractivity contribution < 1.29 is 27.8 Å². The molecule has 2 aromatic rings. The van der Waals surface area contributed by atoms with Gasteiger partial charge in [0.1, 0.15) is 35.3 Å². The lowest BCUT2D eigenvalue weighted by molar-refractivity contribution is -0.155. The quantitative estimate of drug-likeness (QED) is 0.569. The number of carbonyl (C=O) groups is 1. The number of piperidine rings is 1. The molecule has 0 radical (unpaired) electrons. The molecule has 0 aromatic heterocycles. The highest BCUT2D eigenvalue weighted by molar-refractivity contribution is 5.70. The van der Waals surface area contributed by atoms with Crippen LogP contribution in [0.4, 0.5) is 8.78 Å². The fraction of sp³-hybridized carbons (Fsp3) is 0.500. The second-order valence-corrected chi connectivity index (χ2v) is 9.89. The van der Waals surface area contributed by atoms with Crippen molar-refractivity contribution in [1.29, 1.82) is 0 Å². The van der Waals surface area contributed by atoms with E-state index in [1.54, 1.807) is 6.07 Å². The van der Waals surface area contributed by atoms with Gasteiger partial charge < -0.3 is 19.1 Å². The van der Waals surface area contributed by atoms with Crippen molar-refractivity contribution in [2.45, 2.75) is 57.7 Å². The molecule has 2 aliphatic heterocycles. The number of nitrogens with zero attached hydrogens (tertiary/aromatic N) is 1. The minimum absolute atomic E-state index is 0.0477. The third-order valence-corrected chi connectivity index (χ3v) is 6.34. The summed E-state index contributed by atoms with van der Waals surface area (Å²) in [4.78, 5) is 14.3. The molecule has 2 aliphatic rings. The Hall–Kier alpha value is -2.67. The molecule has 2 aromatic carbocycles. The monoisotopic (exact) mass is 459 g/mol. The number of rotatable bonds is 6. The zero-order valence-corrected chi connectivity index (χ0v) is 19.5. The molecule has 4 rings (SSSR count). The molecule has 0 aliphatic carbocycles. The van der Waals surface area contributed by atoms with E-state index in [0.29, 0.717) is 25.3 Å². The largest absolute Gasteiger partial charge is 0.492 e. The van der Waals surface area contributed by atoms with E-state index in [9.17, 15) is 13.6 Å². The van der Waals surface area contributed by atoms with Gasteiger partial charge in [-0.25, -0.2) is 8.78 Å². The highest BCUT2D eigenvalue weighted by Gasteiger charge is 2.43. The number of hydrogen-bond acceptors (Lipinski definition) is 5. The minimum Gasteiger partial charge on any atom is -0.492 e. The van der Waals surface area contributed by atoms with Crippen molar-refractivity contribution in [2.75, 3.05) is 26.2 Å². The molecular weight excluding hydrogens is 428 g/mol. The Balaban J connectivity index is 1.33. The summed E-state index contributed by atoms with van der Waals surface area (Å²) >= 11 is 0. The molecule has 1 saturated heterocycles. The topological polar surface area (TPSA) is 48.0 Å². The molecular formula is C26H31F2NO4. The zero-order chi connectivity index (χ0) is 23.6. The molecule has 5 nitrogen and oxygen atoms in total. The van der Waals surface area contributed by atoms with Gasteiger partial charge in [0, 0.05) is 23.6 Å². The Labute approximate surface area is 193 Å². The van der Waals surface area contributed by atoms with Crippen LogP contribution in [0.2, 0.25) is 0 Å². The molecule has 1 fully saturated rings. The van der Waals surface area contributed by atoms with Gasteiger partial charge in [-0.05, 0) is 64.9 Å². The smallest absolute Gasteiger partial charge is 0.307 e. The fourth-order valence-corrected chi connectivity index (χ4v) is 4.53. The van der Waals surface area contributed by atoms with Crippen LogP contribution in [-0.2, 0) is 21.6 Å². The summed E-state index contributed by atoms with van der Waals surface area (Å²) in [6.07, 6.45) is 2.27. The number of fused-ring (bicyclic) bond motifs is 2. The Morgan fingerprint density at radius 1 is 1.12 bits per heavy atom. The van der Waals surface area contributed by atoms with E-state index in [1.165, 1.54) is 18.2 Å². The Morgan fingerprint density at radius 2 is 1.82 bits per heavy atom. The van der Waals surface area contributed by atoms with Gasteiger partial charge in [-0.2, -0.15) is 0 Å². The summed E-state index contributed by atoms with van der Waals surface area (Å²) in [6, 6.07) is 9.42.